The molecule has 0 saturated heterocycles. The van der Waals surface area contributed by atoms with Crippen molar-refractivity contribution in [2.75, 3.05) is 10.0 Å². The zero-order chi connectivity index (χ0) is 21.2. The van der Waals surface area contributed by atoms with Crippen molar-refractivity contribution < 1.29 is 22.0 Å². The maximum Gasteiger partial charge on any atom is 0.261 e. The van der Waals surface area contributed by atoms with Gasteiger partial charge in [-0.3, -0.25) is 9.52 Å². The van der Waals surface area contributed by atoms with Gasteiger partial charge < -0.3 is 5.32 Å². The molecular weight excluding hydrogens is 398 g/mol. The fourth-order valence-corrected chi connectivity index (χ4v) is 3.86. The van der Waals surface area contributed by atoms with Gasteiger partial charge in [0.1, 0.15) is 11.6 Å². The third kappa shape index (κ3) is 4.97. The van der Waals surface area contributed by atoms with Gasteiger partial charge in [-0.1, -0.05) is 6.07 Å². The average Bonchev–Trinajstić information content (AvgIpc) is 2.62. The molecule has 0 unspecified atom stereocenters. The van der Waals surface area contributed by atoms with E-state index in [-0.39, 0.29) is 16.1 Å². The van der Waals surface area contributed by atoms with Crippen LogP contribution >= 0.6 is 0 Å². The van der Waals surface area contributed by atoms with Crippen LogP contribution in [0.25, 0.3) is 0 Å². The molecule has 0 aliphatic heterocycles. The van der Waals surface area contributed by atoms with Gasteiger partial charge in [0.15, 0.2) is 0 Å². The number of carbonyl (C=O) groups excluding carboxylic acids is 1. The van der Waals surface area contributed by atoms with Crippen LogP contribution in [0.2, 0.25) is 0 Å². The van der Waals surface area contributed by atoms with Crippen LogP contribution in [-0.2, 0) is 10.0 Å². The van der Waals surface area contributed by atoms with Gasteiger partial charge in [0.05, 0.1) is 10.6 Å². The number of hydrogen-bond acceptors (Lipinski definition) is 3. The molecule has 3 aromatic carbocycles. The number of carbonyl (C=O) groups is 1. The highest BCUT2D eigenvalue weighted by molar-refractivity contribution is 7.92. The molecule has 29 heavy (non-hydrogen) atoms. The summed E-state index contributed by atoms with van der Waals surface area (Å²) >= 11 is 0. The normalized spacial score (nSPS) is 11.2. The van der Waals surface area contributed by atoms with Gasteiger partial charge in [-0.2, -0.15) is 0 Å². The van der Waals surface area contributed by atoms with Gasteiger partial charge >= 0.3 is 0 Å². The number of hydrogen-bond donors (Lipinski definition) is 2. The first kappa shape index (κ1) is 20.5. The second-order valence-electron chi connectivity index (χ2n) is 6.58. The van der Waals surface area contributed by atoms with Crippen molar-refractivity contribution in [3.05, 3.63) is 89.0 Å². The van der Waals surface area contributed by atoms with Crippen LogP contribution in [0, 0.1) is 25.5 Å². The highest BCUT2D eigenvalue weighted by Gasteiger charge is 2.18. The van der Waals surface area contributed by atoms with Crippen LogP contribution in [0.3, 0.4) is 0 Å². The van der Waals surface area contributed by atoms with Gasteiger partial charge in [-0.25, -0.2) is 17.2 Å². The number of halogens is 2. The highest BCUT2D eigenvalue weighted by atomic mass is 32.2. The van der Waals surface area contributed by atoms with E-state index in [1.807, 2.05) is 19.9 Å². The lowest BCUT2D eigenvalue weighted by molar-refractivity contribution is 0.102. The monoisotopic (exact) mass is 416 g/mol. The Morgan fingerprint density at radius 3 is 2.07 bits per heavy atom. The maximum absolute atomic E-state index is 14.4. The van der Waals surface area contributed by atoms with E-state index in [2.05, 4.69) is 10.0 Å². The Hall–Kier alpha value is -3.26. The SMILES string of the molecule is Cc1cc(C)cc(NS(=O)(=O)c2ccc(NC(=O)c3ccc(F)cc3)c(F)c2)c1. The van der Waals surface area contributed by atoms with E-state index in [4.69, 9.17) is 0 Å². The minimum absolute atomic E-state index is 0.138. The number of amides is 1. The molecule has 2 N–H and O–H groups in total. The molecule has 5 nitrogen and oxygen atoms in total. The first-order valence-corrected chi connectivity index (χ1v) is 10.1. The average molecular weight is 416 g/mol. The molecular formula is C21H18F2N2O3S. The summed E-state index contributed by atoms with van der Waals surface area (Å²) in [6.07, 6.45) is 0. The second kappa shape index (κ2) is 8.00. The van der Waals surface area contributed by atoms with E-state index < -0.39 is 27.6 Å². The standard InChI is InChI=1S/C21H18F2N2O3S/c1-13-9-14(2)11-17(10-13)25-29(27,28)18-7-8-20(19(23)12-18)24-21(26)15-3-5-16(22)6-4-15/h3-12,25H,1-2H3,(H,24,26). The molecule has 3 aromatic rings. The van der Waals surface area contributed by atoms with Gasteiger partial charge in [-0.05, 0) is 79.6 Å². The fourth-order valence-electron chi connectivity index (χ4n) is 2.81. The first-order chi connectivity index (χ1) is 13.6. The quantitative estimate of drug-likeness (QED) is 0.637. The lowest BCUT2D eigenvalue weighted by Gasteiger charge is -2.12. The van der Waals surface area contributed by atoms with Crippen molar-refractivity contribution in [1.82, 2.24) is 0 Å². The fraction of sp³-hybridized carbons (Fsp3) is 0.0952. The number of sulfonamides is 1. The van der Waals surface area contributed by atoms with E-state index in [1.165, 1.54) is 18.2 Å². The van der Waals surface area contributed by atoms with E-state index in [0.717, 1.165) is 35.4 Å². The molecule has 1 amide bonds. The summed E-state index contributed by atoms with van der Waals surface area (Å²) in [6, 6.07) is 13.1. The third-order valence-corrected chi connectivity index (χ3v) is 5.46. The third-order valence-electron chi connectivity index (χ3n) is 4.08. The zero-order valence-electron chi connectivity index (χ0n) is 15.7. The van der Waals surface area contributed by atoms with Gasteiger partial charge in [-0.15, -0.1) is 0 Å². The zero-order valence-corrected chi connectivity index (χ0v) is 16.5. The highest BCUT2D eigenvalue weighted by Crippen LogP contribution is 2.23. The van der Waals surface area contributed by atoms with Gasteiger partial charge in [0.25, 0.3) is 15.9 Å². The number of nitrogens with one attached hydrogen (secondary N) is 2. The van der Waals surface area contributed by atoms with E-state index in [0.29, 0.717) is 5.69 Å². The van der Waals surface area contributed by atoms with Crippen LogP contribution in [0.15, 0.2) is 65.6 Å². The van der Waals surface area contributed by atoms with Crippen LogP contribution in [-0.4, -0.2) is 14.3 Å². The van der Waals surface area contributed by atoms with Crippen LogP contribution in [0.5, 0.6) is 0 Å². The molecule has 3 rings (SSSR count). The lowest BCUT2D eigenvalue weighted by atomic mass is 10.1. The van der Waals surface area contributed by atoms with Crippen molar-refractivity contribution in [2.45, 2.75) is 18.7 Å². The summed E-state index contributed by atoms with van der Waals surface area (Å²) in [6.45, 7) is 3.67. The van der Waals surface area contributed by atoms with Crippen molar-refractivity contribution in [1.29, 1.82) is 0 Å². The second-order valence-corrected chi connectivity index (χ2v) is 8.27. The van der Waals surface area contributed by atoms with Crippen molar-refractivity contribution >= 4 is 27.3 Å². The minimum Gasteiger partial charge on any atom is -0.319 e. The number of aryl methyl sites for hydroxylation is 2. The Kier molecular flexibility index (Phi) is 5.65. The molecule has 0 bridgehead atoms. The van der Waals surface area contributed by atoms with Crippen LogP contribution in [0.1, 0.15) is 21.5 Å². The topological polar surface area (TPSA) is 75.3 Å². The van der Waals surface area contributed by atoms with Crippen molar-refractivity contribution in [3.63, 3.8) is 0 Å². The van der Waals surface area contributed by atoms with Crippen LogP contribution in [0.4, 0.5) is 20.2 Å². The maximum atomic E-state index is 14.4. The Bertz CT molecular complexity index is 1160. The summed E-state index contributed by atoms with van der Waals surface area (Å²) in [5, 5.41) is 2.34. The van der Waals surface area contributed by atoms with E-state index in [1.54, 1.807) is 12.1 Å². The largest absolute Gasteiger partial charge is 0.319 e. The Labute approximate surface area is 167 Å². The molecule has 0 heterocycles. The lowest BCUT2D eigenvalue weighted by Crippen LogP contribution is -2.15. The van der Waals surface area contributed by atoms with Crippen LogP contribution < -0.4 is 10.0 Å². The summed E-state index contributed by atoms with van der Waals surface area (Å²) in [5.41, 5.74) is 2.08. The van der Waals surface area contributed by atoms with Crippen molar-refractivity contribution in [2.24, 2.45) is 0 Å². The van der Waals surface area contributed by atoms with Crippen molar-refractivity contribution in [3.8, 4) is 0 Å². The van der Waals surface area contributed by atoms with Gasteiger partial charge in [0, 0.05) is 11.3 Å². The molecule has 0 spiro atoms. The number of rotatable bonds is 5. The van der Waals surface area contributed by atoms with E-state index in [9.17, 15) is 22.0 Å². The van der Waals surface area contributed by atoms with E-state index >= 15 is 0 Å². The number of benzene rings is 3. The summed E-state index contributed by atoms with van der Waals surface area (Å²) in [4.78, 5) is 11.9. The Morgan fingerprint density at radius 2 is 1.48 bits per heavy atom. The molecule has 0 aliphatic carbocycles. The Balaban J connectivity index is 1.80. The van der Waals surface area contributed by atoms with Gasteiger partial charge in [0.2, 0.25) is 0 Å². The summed E-state index contributed by atoms with van der Waals surface area (Å²) in [7, 11) is -4.02. The predicted octanol–water partition coefficient (Wildman–Crippen LogP) is 4.63. The minimum atomic E-state index is -4.02. The first-order valence-electron chi connectivity index (χ1n) is 8.62. The molecule has 150 valence electrons. The molecule has 0 fully saturated rings. The Morgan fingerprint density at radius 1 is 0.862 bits per heavy atom. The molecule has 0 aliphatic rings. The molecule has 0 radical (unpaired) electrons. The summed E-state index contributed by atoms with van der Waals surface area (Å²) in [5.74, 6) is -2.06. The molecule has 0 saturated carbocycles. The summed E-state index contributed by atoms with van der Waals surface area (Å²) < 4.78 is 54.9. The molecule has 0 aromatic heterocycles. The number of anilines is 2. The molecule has 8 heteroatoms. The molecule has 0 atom stereocenters. The smallest absolute Gasteiger partial charge is 0.261 e. The predicted molar refractivity (Wildman–Crippen MR) is 107 cm³/mol.